The molecule has 0 spiro atoms. The van der Waals surface area contributed by atoms with Gasteiger partial charge in [-0.1, -0.05) is 0 Å². The first-order valence-electron chi connectivity index (χ1n) is 5.62. The molecule has 0 radical (unpaired) electrons. The molecule has 2 fully saturated rings. The Morgan fingerprint density at radius 1 is 1.44 bits per heavy atom. The van der Waals surface area contributed by atoms with E-state index in [4.69, 9.17) is 5.11 Å². The molecule has 2 aliphatic rings. The van der Waals surface area contributed by atoms with Gasteiger partial charge in [-0.05, 0) is 12.8 Å². The molecule has 0 saturated carbocycles. The molecule has 2 rings (SSSR count). The standard InChI is InChI=1S/C10H17NO4S/c12-6-8-4-10(13)11(5-8)9-2-1-3-16(14,15)7-9/h8-9,12H,1-7H2. The molecule has 0 aliphatic carbocycles. The highest BCUT2D eigenvalue weighted by Crippen LogP contribution is 2.25. The van der Waals surface area contributed by atoms with Crippen LogP contribution in [0.5, 0.6) is 0 Å². The highest BCUT2D eigenvalue weighted by atomic mass is 32.2. The topological polar surface area (TPSA) is 74.7 Å². The molecule has 92 valence electrons. The van der Waals surface area contributed by atoms with Gasteiger partial charge >= 0.3 is 0 Å². The van der Waals surface area contributed by atoms with Crippen LogP contribution in [0, 0.1) is 5.92 Å². The number of carbonyl (C=O) groups excluding carboxylic acids is 1. The third kappa shape index (κ3) is 2.38. The zero-order chi connectivity index (χ0) is 11.8. The highest BCUT2D eigenvalue weighted by molar-refractivity contribution is 7.91. The fourth-order valence-electron chi connectivity index (χ4n) is 2.53. The van der Waals surface area contributed by atoms with E-state index in [-0.39, 0.29) is 36.0 Å². The Morgan fingerprint density at radius 3 is 2.75 bits per heavy atom. The molecule has 0 bridgehead atoms. The van der Waals surface area contributed by atoms with E-state index in [1.807, 2.05) is 0 Å². The van der Waals surface area contributed by atoms with Crippen molar-refractivity contribution in [1.29, 1.82) is 0 Å². The molecule has 16 heavy (non-hydrogen) atoms. The lowest BCUT2D eigenvalue weighted by atomic mass is 10.1. The van der Waals surface area contributed by atoms with Crippen LogP contribution in [-0.4, -0.2) is 55.0 Å². The summed E-state index contributed by atoms with van der Waals surface area (Å²) >= 11 is 0. The molecule has 0 aromatic heterocycles. The molecule has 2 unspecified atom stereocenters. The second-order valence-electron chi connectivity index (χ2n) is 4.71. The van der Waals surface area contributed by atoms with Crippen molar-refractivity contribution < 1.29 is 18.3 Å². The minimum absolute atomic E-state index is 0.00170. The van der Waals surface area contributed by atoms with Crippen LogP contribution >= 0.6 is 0 Å². The second kappa shape index (κ2) is 4.33. The van der Waals surface area contributed by atoms with E-state index in [1.165, 1.54) is 0 Å². The molecule has 2 aliphatic heterocycles. The predicted octanol–water partition coefficient (Wildman–Crippen LogP) is -0.596. The largest absolute Gasteiger partial charge is 0.396 e. The second-order valence-corrected chi connectivity index (χ2v) is 6.94. The molecular formula is C10H17NO4S. The van der Waals surface area contributed by atoms with Gasteiger partial charge < -0.3 is 10.0 Å². The van der Waals surface area contributed by atoms with Crippen molar-refractivity contribution in [2.24, 2.45) is 5.92 Å². The molecule has 5 nitrogen and oxygen atoms in total. The van der Waals surface area contributed by atoms with E-state index in [9.17, 15) is 13.2 Å². The number of aliphatic hydroxyl groups excluding tert-OH is 1. The number of hydrogen-bond donors (Lipinski definition) is 1. The first kappa shape index (κ1) is 11.9. The number of nitrogens with zero attached hydrogens (tertiary/aromatic N) is 1. The van der Waals surface area contributed by atoms with E-state index >= 15 is 0 Å². The fraction of sp³-hybridized carbons (Fsp3) is 0.900. The quantitative estimate of drug-likeness (QED) is 0.707. The van der Waals surface area contributed by atoms with Crippen molar-refractivity contribution in [2.75, 3.05) is 24.7 Å². The van der Waals surface area contributed by atoms with Crippen LogP contribution in [0.25, 0.3) is 0 Å². The third-order valence-corrected chi connectivity index (χ3v) is 5.18. The summed E-state index contributed by atoms with van der Waals surface area (Å²) in [5.41, 5.74) is 0. The van der Waals surface area contributed by atoms with E-state index in [2.05, 4.69) is 0 Å². The fourth-order valence-corrected chi connectivity index (χ4v) is 4.23. The number of hydrogen-bond acceptors (Lipinski definition) is 4. The smallest absolute Gasteiger partial charge is 0.223 e. The summed E-state index contributed by atoms with van der Waals surface area (Å²) in [5, 5.41) is 9.01. The van der Waals surface area contributed by atoms with Crippen molar-refractivity contribution in [3.63, 3.8) is 0 Å². The Labute approximate surface area is 95.4 Å². The maximum absolute atomic E-state index is 11.7. The first-order chi connectivity index (χ1) is 7.52. The normalized spacial score (nSPS) is 34.3. The number of carbonyl (C=O) groups is 1. The van der Waals surface area contributed by atoms with Crippen LogP contribution in [0.1, 0.15) is 19.3 Å². The zero-order valence-corrected chi connectivity index (χ0v) is 9.95. The third-order valence-electron chi connectivity index (χ3n) is 3.38. The molecule has 1 amide bonds. The summed E-state index contributed by atoms with van der Waals surface area (Å²) in [4.78, 5) is 13.3. The van der Waals surface area contributed by atoms with Gasteiger partial charge in [-0.25, -0.2) is 8.42 Å². The average molecular weight is 247 g/mol. The number of amides is 1. The molecule has 6 heteroatoms. The van der Waals surface area contributed by atoms with Crippen molar-refractivity contribution in [3.05, 3.63) is 0 Å². The van der Waals surface area contributed by atoms with Crippen molar-refractivity contribution in [1.82, 2.24) is 4.90 Å². The van der Waals surface area contributed by atoms with Gasteiger partial charge in [0.05, 0.1) is 11.5 Å². The van der Waals surface area contributed by atoms with E-state index in [1.54, 1.807) is 4.90 Å². The summed E-state index contributed by atoms with van der Waals surface area (Å²) in [6.07, 6.45) is 1.76. The van der Waals surface area contributed by atoms with Crippen LogP contribution < -0.4 is 0 Å². The summed E-state index contributed by atoms with van der Waals surface area (Å²) in [6.45, 7) is 0.511. The van der Waals surface area contributed by atoms with Gasteiger partial charge in [-0.2, -0.15) is 0 Å². The van der Waals surface area contributed by atoms with Crippen LogP contribution in [0.15, 0.2) is 0 Å². The van der Waals surface area contributed by atoms with Gasteiger partial charge in [0.25, 0.3) is 0 Å². The van der Waals surface area contributed by atoms with E-state index in [0.717, 1.165) is 6.42 Å². The minimum atomic E-state index is -2.97. The minimum Gasteiger partial charge on any atom is -0.396 e. The monoisotopic (exact) mass is 247 g/mol. The van der Waals surface area contributed by atoms with Crippen LogP contribution in [0.2, 0.25) is 0 Å². The molecule has 0 aromatic carbocycles. The van der Waals surface area contributed by atoms with Gasteiger partial charge in [-0.15, -0.1) is 0 Å². The predicted molar refractivity (Wildman–Crippen MR) is 58.6 cm³/mol. The molecule has 1 N–H and O–H groups in total. The highest BCUT2D eigenvalue weighted by Gasteiger charge is 2.37. The average Bonchev–Trinajstić information content (AvgIpc) is 2.58. The number of aliphatic hydroxyl groups is 1. The van der Waals surface area contributed by atoms with Gasteiger partial charge in [0.2, 0.25) is 5.91 Å². The van der Waals surface area contributed by atoms with Gasteiger partial charge in [0.1, 0.15) is 0 Å². The van der Waals surface area contributed by atoms with E-state index < -0.39 is 9.84 Å². The summed E-state index contributed by atoms with van der Waals surface area (Å²) in [7, 11) is -2.97. The molecular weight excluding hydrogens is 230 g/mol. The van der Waals surface area contributed by atoms with E-state index in [0.29, 0.717) is 19.4 Å². The molecule has 2 atom stereocenters. The SMILES string of the molecule is O=C1CC(CO)CN1C1CCCS(=O)(=O)C1. The summed E-state index contributed by atoms with van der Waals surface area (Å²) in [6, 6.07) is -0.164. The Bertz CT molecular complexity index is 378. The van der Waals surface area contributed by atoms with Crippen molar-refractivity contribution >= 4 is 15.7 Å². The maximum atomic E-state index is 11.7. The molecule has 0 aromatic rings. The summed E-state index contributed by atoms with van der Waals surface area (Å²) in [5.74, 6) is 0.310. The first-order valence-corrected chi connectivity index (χ1v) is 7.45. The van der Waals surface area contributed by atoms with Crippen LogP contribution in [0.3, 0.4) is 0 Å². The lowest BCUT2D eigenvalue weighted by Crippen LogP contribution is -2.44. The zero-order valence-electron chi connectivity index (χ0n) is 9.13. The van der Waals surface area contributed by atoms with Crippen LogP contribution in [0.4, 0.5) is 0 Å². The number of rotatable bonds is 2. The summed E-state index contributed by atoms with van der Waals surface area (Å²) < 4.78 is 23.0. The Hall–Kier alpha value is -0.620. The van der Waals surface area contributed by atoms with Gasteiger partial charge in [0, 0.05) is 31.5 Å². The Kier molecular flexibility index (Phi) is 3.21. The molecule has 2 saturated heterocycles. The van der Waals surface area contributed by atoms with Gasteiger partial charge in [-0.3, -0.25) is 4.79 Å². The number of sulfone groups is 1. The lowest BCUT2D eigenvalue weighted by Gasteiger charge is -2.31. The van der Waals surface area contributed by atoms with Crippen LogP contribution in [-0.2, 0) is 14.6 Å². The molecule has 2 heterocycles. The maximum Gasteiger partial charge on any atom is 0.223 e. The number of likely N-dealkylation sites (tertiary alicyclic amines) is 1. The lowest BCUT2D eigenvalue weighted by molar-refractivity contribution is -0.129. The van der Waals surface area contributed by atoms with Gasteiger partial charge in [0.15, 0.2) is 9.84 Å². The van der Waals surface area contributed by atoms with Crippen molar-refractivity contribution in [2.45, 2.75) is 25.3 Å². The van der Waals surface area contributed by atoms with Crippen molar-refractivity contribution in [3.8, 4) is 0 Å². The Morgan fingerprint density at radius 2 is 2.19 bits per heavy atom. The Balaban J connectivity index is 2.05.